The SMILES string of the molecule is FC(F)(F)COP.O=NO. The Bertz CT molecular complexity index is 86.3. The van der Waals surface area contributed by atoms with Gasteiger partial charge in [0.05, 0.1) is 0 Å². The van der Waals surface area contributed by atoms with Crippen LogP contribution in [0.5, 0.6) is 0 Å². The molecule has 0 amide bonds. The summed E-state index contributed by atoms with van der Waals surface area (Å²) in [6, 6.07) is 0. The van der Waals surface area contributed by atoms with E-state index in [0.717, 1.165) is 0 Å². The molecular formula is C2H5F3NO3P. The highest BCUT2D eigenvalue weighted by Gasteiger charge is 2.26. The summed E-state index contributed by atoms with van der Waals surface area (Å²) in [5.41, 5.74) is 0. The van der Waals surface area contributed by atoms with Crippen molar-refractivity contribution in [3.63, 3.8) is 0 Å². The van der Waals surface area contributed by atoms with E-state index in [9.17, 15) is 13.2 Å². The van der Waals surface area contributed by atoms with Crippen molar-refractivity contribution in [3.8, 4) is 0 Å². The highest BCUT2D eigenvalue weighted by molar-refractivity contribution is 7.09. The minimum Gasteiger partial charge on any atom is -0.379 e. The average molecular weight is 179 g/mol. The Morgan fingerprint density at radius 2 is 1.90 bits per heavy atom. The lowest BCUT2D eigenvalue weighted by Crippen LogP contribution is -2.13. The summed E-state index contributed by atoms with van der Waals surface area (Å²) in [6.45, 7) is -1.20. The Labute approximate surface area is 56.6 Å². The van der Waals surface area contributed by atoms with Gasteiger partial charge in [0, 0.05) is 9.47 Å². The van der Waals surface area contributed by atoms with E-state index < -0.39 is 12.8 Å². The fourth-order valence-corrected chi connectivity index (χ4v) is 0.283. The first-order valence-electron chi connectivity index (χ1n) is 1.83. The highest BCUT2D eigenvalue weighted by atomic mass is 31.0. The third-order valence-corrected chi connectivity index (χ3v) is 0.414. The molecule has 1 atom stereocenters. The van der Waals surface area contributed by atoms with Crippen molar-refractivity contribution >= 4 is 9.47 Å². The quantitative estimate of drug-likeness (QED) is 0.377. The van der Waals surface area contributed by atoms with Gasteiger partial charge in [0.15, 0.2) is 5.34 Å². The molecule has 62 valence electrons. The summed E-state index contributed by atoms with van der Waals surface area (Å²) >= 11 is 0. The fraction of sp³-hybridized carbons (Fsp3) is 1.00. The van der Waals surface area contributed by atoms with Crippen molar-refractivity contribution in [2.45, 2.75) is 6.18 Å². The van der Waals surface area contributed by atoms with Crippen LogP contribution >= 0.6 is 9.47 Å². The molecule has 0 saturated heterocycles. The minimum atomic E-state index is -4.19. The number of halogens is 3. The Morgan fingerprint density at radius 1 is 1.60 bits per heavy atom. The van der Waals surface area contributed by atoms with Gasteiger partial charge in [-0.1, -0.05) is 0 Å². The topological polar surface area (TPSA) is 58.9 Å². The zero-order valence-electron chi connectivity index (χ0n) is 4.63. The summed E-state index contributed by atoms with van der Waals surface area (Å²) in [4.78, 5) is 8.11. The molecule has 0 aromatic rings. The van der Waals surface area contributed by atoms with Gasteiger partial charge < -0.3 is 9.73 Å². The molecule has 0 spiro atoms. The van der Waals surface area contributed by atoms with Gasteiger partial charge in [-0.2, -0.15) is 13.2 Å². The predicted molar refractivity (Wildman–Crippen MR) is 29.3 cm³/mol. The molecule has 0 rings (SSSR count). The first kappa shape index (κ1) is 12.3. The second kappa shape index (κ2) is 6.70. The monoisotopic (exact) mass is 179 g/mol. The van der Waals surface area contributed by atoms with E-state index >= 15 is 0 Å². The maximum absolute atomic E-state index is 10.9. The normalized spacial score (nSPS) is 9.60. The highest BCUT2D eigenvalue weighted by Crippen LogP contribution is 2.15. The average Bonchev–Trinajstić information content (AvgIpc) is 1.63. The van der Waals surface area contributed by atoms with Crippen molar-refractivity contribution in [2.75, 3.05) is 6.61 Å². The van der Waals surface area contributed by atoms with Crippen LogP contribution < -0.4 is 0 Å². The second-order valence-corrected chi connectivity index (χ2v) is 1.34. The van der Waals surface area contributed by atoms with Gasteiger partial charge in [0.25, 0.3) is 0 Å². The van der Waals surface area contributed by atoms with Crippen LogP contribution in [0.2, 0.25) is 0 Å². The Kier molecular flexibility index (Phi) is 8.22. The van der Waals surface area contributed by atoms with Crippen LogP contribution in [0.1, 0.15) is 0 Å². The van der Waals surface area contributed by atoms with Gasteiger partial charge in [-0.15, -0.1) is 4.91 Å². The lowest BCUT2D eigenvalue weighted by atomic mass is 10.7. The van der Waals surface area contributed by atoms with Gasteiger partial charge in [-0.3, -0.25) is 0 Å². The molecule has 0 saturated carbocycles. The van der Waals surface area contributed by atoms with Crippen molar-refractivity contribution in [1.29, 1.82) is 0 Å². The molecule has 0 aromatic heterocycles. The Morgan fingerprint density at radius 3 is 1.90 bits per heavy atom. The predicted octanol–water partition coefficient (Wildman–Crippen LogP) is 1.50. The maximum Gasteiger partial charge on any atom is 0.412 e. The van der Waals surface area contributed by atoms with Crippen LogP contribution in [0, 0.1) is 4.91 Å². The smallest absolute Gasteiger partial charge is 0.379 e. The van der Waals surface area contributed by atoms with Crippen molar-refractivity contribution in [1.82, 2.24) is 0 Å². The van der Waals surface area contributed by atoms with E-state index in [1.54, 1.807) is 0 Å². The molecular weight excluding hydrogens is 174 g/mol. The largest absolute Gasteiger partial charge is 0.412 e. The molecule has 10 heavy (non-hydrogen) atoms. The summed E-state index contributed by atoms with van der Waals surface area (Å²) in [6.07, 6.45) is -4.19. The molecule has 0 aliphatic heterocycles. The molecule has 4 nitrogen and oxygen atoms in total. The Hall–Kier alpha value is -0.420. The van der Waals surface area contributed by atoms with E-state index in [2.05, 4.69) is 4.52 Å². The number of hydrogen-bond acceptors (Lipinski definition) is 3. The zero-order valence-corrected chi connectivity index (χ0v) is 5.78. The summed E-state index contributed by atoms with van der Waals surface area (Å²) in [5.74, 6) is 0. The van der Waals surface area contributed by atoms with Crippen LogP contribution in [-0.4, -0.2) is 18.0 Å². The van der Waals surface area contributed by atoms with Crippen LogP contribution in [0.4, 0.5) is 13.2 Å². The molecule has 0 heterocycles. The molecule has 1 unspecified atom stereocenters. The van der Waals surface area contributed by atoms with Crippen molar-refractivity contribution in [3.05, 3.63) is 4.91 Å². The zero-order chi connectivity index (χ0) is 8.62. The van der Waals surface area contributed by atoms with Gasteiger partial charge in [-0.25, -0.2) is 0 Å². The third-order valence-electron chi connectivity index (χ3n) is 0.247. The molecule has 0 radical (unpaired) electrons. The number of alkyl halides is 3. The summed E-state index contributed by atoms with van der Waals surface area (Å²) in [7, 11) is 1.52. The standard InChI is InChI=1S/C2H4F3OP.HNO2/c3-2(4,5)1-6-7;2-1-3/h1,7H2;(H,2,3). The lowest BCUT2D eigenvalue weighted by molar-refractivity contribution is -0.150. The third kappa shape index (κ3) is 25.6. The van der Waals surface area contributed by atoms with Crippen molar-refractivity contribution < 1.29 is 22.9 Å². The maximum atomic E-state index is 10.9. The molecule has 0 aliphatic rings. The number of hydrogen-bond donors (Lipinski definition) is 1. The van der Waals surface area contributed by atoms with Gasteiger partial charge >= 0.3 is 6.18 Å². The number of nitrogens with zero attached hydrogens (tertiary/aromatic N) is 1. The summed E-state index contributed by atoms with van der Waals surface area (Å²) in [5, 5.41) is 7.89. The first-order chi connectivity index (χ1) is 4.47. The summed E-state index contributed by atoms with van der Waals surface area (Å²) < 4.78 is 36.5. The van der Waals surface area contributed by atoms with Crippen molar-refractivity contribution in [2.24, 2.45) is 5.34 Å². The molecule has 8 heteroatoms. The van der Waals surface area contributed by atoms with Crippen LogP contribution in [-0.2, 0) is 4.52 Å². The van der Waals surface area contributed by atoms with E-state index in [1.807, 2.05) is 0 Å². The van der Waals surface area contributed by atoms with Crippen LogP contribution in [0.25, 0.3) is 0 Å². The molecule has 1 N–H and O–H groups in total. The van der Waals surface area contributed by atoms with E-state index in [0.29, 0.717) is 0 Å². The minimum absolute atomic E-state index is 1.20. The van der Waals surface area contributed by atoms with Gasteiger partial charge in [-0.05, 0) is 0 Å². The second-order valence-electron chi connectivity index (χ2n) is 1.01. The number of rotatable bonds is 1. The van der Waals surface area contributed by atoms with Crippen LogP contribution in [0.3, 0.4) is 0 Å². The first-order valence-corrected chi connectivity index (χ1v) is 2.30. The molecule has 0 aromatic carbocycles. The van der Waals surface area contributed by atoms with Crippen LogP contribution in [0.15, 0.2) is 5.34 Å². The molecule has 0 fully saturated rings. The fourth-order valence-electron chi connectivity index (χ4n) is 0.0945. The van der Waals surface area contributed by atoms with Gasteiger partial charge in [0.1, 0.15) is 6.61 Å². The Balaban J connectivity index is 0. The van der Waals surface area contributed by atoms with Gasteiger partial charge in [0.2, 0.25) is 0 Å². The van der Waals surface area contributed by atoms with E-state index in [-0.39, 0.29) is 0 Å². The van der Waals surface area contributed by atoms with E-state index in [1.165, 1.54) is 14.8 Å². The van der Waals surface area contributed by atoms with E-state index in [4.69, 9.17) is 10.1 Å². The lowest BCUT2D eigenvalue weighted by Gasteiger charge is -2.00. The molecule has 0 bridgehead atoms. The molecule has 0 aliphatic carbocycles.